The molecule has 0 unspecified atom stereocenters. The first-order chi connectivity index (χ1) is 9.56. The summed E-state index contributed by atoms with van der Waals surface area (Å²) in [6.45, 7) is 6.06. The van der Waals surface area contributed by atoms with Crippen molar-refractivity contribution >= 4 is 22.6 Å². The van der Waals surface area contributed by atoms with Crippen molar-refractivity contribution in [2.45, 2.75) is 45.8 Å². The molecule has 106 valence electrons. The van der Waals surface area contributed by atoms with Gasteiger partial charge in [-0.15, -0.1) is 11.8 Å². The Kier molecular flexibility index (Phi) is 5.12. The quantitative estimate of drug-likeness (QED) is 0.826. The second-order valence-corrected chi connectivity index (χ2v) is 6.14. The fourth-order valence-corrected chi connectivity index (χ4v) is 3.45. The van der Waals surface area contributed by atoms with E-state index in [1.807, 2.05) is 26.1 Å². The van der Waals surface area contributed by atoms with Crippen LogP contribution in [0.15, 0.2) is 29.0 Å². The highest BCUT2D eigenvalue weighted by Gasteiger charge is 2.10. The summed E-state index contributed by atoms with van der Waals surface area (Å²) >= 11 is 1.76. The molecule has 1 aromatic heterocycles. The normalized spacial score (nSPS) is 18.9. The Bertz CT molecular complexity index is 556. The number of hydrogen-bond acceptors (Lipinski definition) is 4. The van der Waals surface area contributed by atoms with Crippen LogP contribution in [0.3, 0.4) is 0 Å². The third-order valence-electron chi connectivity index (χ3n) is 3.37. The summed E-state index contributed by atoms with van der Waals surface area (Å²) in [6.07, 6.45) is 5.91. The van der Waals surface area contributed by atoms with E-state index >= 15 is 0 Å². The van der Waals surface area contributed by atoms with Crippen LogP contribution in [0.2, 0.25) is 0 Å². The van der Waals surface area contributed by atoms with Crippen LogP contribution in [0.4, 0.5) is 0 Å². The van der Waals surface area contributed by atoms with E-state index in [1.54, 1.807) is 17.8 Å². The standard InChI is InChI=1S/C16H20N2OS/c1-11-7-8-17-13(3)15(11)10-20-16-6-4-5-14(19)9-12(2)18-16/h7-9H,4-6,10H2,1-3H3/b12-9-,18-16?. The molecule has 0 aromatic carbocycles. The first-order valence-electron chi connectivity index (χ1n) is 6.89. The van der Waals surface area contributed by atoms with E-state index in [4.69, 9.17) is 0 Å². The molecule has 0 aliphatic carbocycles. The molecule has 0 N–H and O–H groups in total. The van der Waals surface area contributed by atoms with Gasteiger partial charge in [0.25, 0.3) is 0 Å². The van der Waals surface area contributed by atoms with E-state index in [-0.39, 0.29) is 5.78 Å². The van der Waals surface area contributed by atoms with Gasteiger partial charge < -0.3 is 0 Å². The highest BCUT2D eigenvalue weighted by Crippen LogP contribution is 2.23. The number of aryl methyl sites for hydroxylation is 2. The van der Waals surface area contributed by atoms with Crippen LogP contribution in [0.5, 0.6) is 0 Å². The number of carbonyl (C=O) groups excluding carboxylic acids is 1. The van der Waals surface area contributed by atoms with Gasteiger partial charge in [-0.2, -0.15) is 0 Å². The summed E-state index contributed by atoms with van der Waals surface area (Å²) in [4.78, 5) is 20.4. The highest BCUT2D eigenvalue weighted by atomic mass is 32.2. The molecule has 1 aromatic rings. The van der Waals surface area contributed by atoms with Crippen LogP contribution in [0.1, 0.15) is 43.0 Å². The van der Waals surface area contributed by atoms with Crippen molar-refractivity contribution in [2.75, 3.05) is 0 Å². The summed E-state index contributed by atoms with van der Waals surface area (Å²) < 4.78 is 0. The lowest BCUT2D eigenvalue weighted by Crippen LogP contribution is -2.03. The highest BCUT2D eigenvalue weighted by molar-refractivity contribution is 8.13. The Morgan fingerprint density at radius 1 is 1.25 bits per heavy atom. The Balaban J connectivity index is 2.10. The maximum atomic E-state index is 11.5. The molecule has 4 heteroatoms. The lowest BCUT2D eigenvalue weighted by atomic mass is 10.1. The average molecular weight is 288 g/mol. The molecule has 2 heterocycles. The van der Waals surface area contributed by atoms with Crippen LogP contribution < -0.4 is 0 Å². The smallest absolute Gasteiger partial charge is 0.157 e. The van der Waals surface area contributed by atoms with Gasteiger partial charge in [0.1, 0.15) is 0 Å². The molecule has 0 atom stereocenters. The molecular weight excluding hydrogens is 268 g/mol. The maximum absolute atomic E-state index is 11.5. The van der Waals surface area contributed by atoms with Gasteiger partial charge in [0.15, 0.2) is 5.78 Å². The monoisotopic (exact) mass is 288 g/mol. The van der Waals surface area contributed by atoms with E-state index in [0.29, 0.717) is 6.42 Å². The number of nitrogens with zero attached hydrogens (tertiary/aromatic N) is 2. The second kappa shape index (κ2) is 6.84. The first-order valence-corrected chi connectivity index (χ1v) is 7.87. The minimum atomic E-state index is 0.189. The van der Waals surface area contributed by atoms with Crippen LogP contribution in [0.25, 0.3) is 0 Å². The van der Waals surface area contributed by atoms with Crippen molar-refractivity contribution in [1.29, 1.82) is 0 Å². The van der Waals surface area contributed by atoms with Crippen molar-refractivity contribution in [3.05, 3.63) is 40.9 Å². The molecule has 0 spiro atoms. The minimum Gasteiger partial charge on any atom is -0.295 e. The van der Waals surface area contributed by atoms with Crippen molar-refractivity contribution in [3.63, 3.8) is 0 Å². The summed E-state index contributed by atoms with van der Waals surface area (Å²) in [5.74, 6) is 1.08. The van der Waals surface area contributed by atoms with Crippen LogP contribution in [0, 0.1) is 13.8 Å². The third-order valence-corrected chi connectivity index (χ3v) is 4.43. The van der Waals surface area contributed by atoms with Crippen LogP contribution in [-0.4, -0.2) is 15.8 Å². The van der Waals surface area contributed by atoms with Crippen LogP contribution >= 0.6 is 11.8 Å². The predicted molar refractivity (Wildman–Crippen MR) is 85.1 cm³/mol. The zero-order valence-electron chi connectivity index (χ0n) is 12.3. The molecule has 0 amide bonds. The van der Waals surface area contributed by atoms with Gasteiger partial charge in [0, 0.05) is 35.8 Å². The topological polar surface area (TPSA) is 42.3 Å². The summed E-state index contributed by atoms with van der Waals surface area (Å²) in [5.41, 5.74) is 4.47. The molecule has 0 bridgehead atoms. The third kappa shape index (κ3) is 4.04. The number of thioether (sulfide) groups is 1. The van der Waals surface area contributed by atoms with E-state index in [2.05, 4.69) is 16.9 Å². The van der Waals surface area contributed by atoms with Gasteiger partial charge in [-0.3, -0.25) is 14.8 Å². The Hall–Kier alpha value is -1.42. The molecular formula is C16H20N2OS. The van der Waals surface area contributed by atoms with Crippen molar-refractivity contribution in [3.8, 4) is 0 Å². The molecule has 3 nitrogen and oxygen atoms in total. The number of ketones is 1. The lowest BCUT2D eigenvalue weighted by Gasteiger charge is -2.11. The zero-order valence-corrected chi connectivity index (χ0v) is 13.1. The number of aromatic nitrogens is 1. The van der Waals surface area contributed by atoms with Gasteiger partial charge in [0.05, 0.1) is 5.04 Å². The lowest BCUT2D eigenvalue weighted by molar-refractivity contribution is -0.114. The van der Waals surface area contributed by atoms with Crippen LogP contribution in [-0.2, 0) is 10.5 Å². The number of rotatable bonds is 2. The van der Waals surface area contributed by atoms with Crippen molar-refractivity contribution in [2.24, 2.45) is 4.99 Å². The van der Waals surface area contributed by atoms with E-state index in [1.165, 1.54) is 11.1 Å². The van der Waals surface area contributed by atoms with Crippen molar-refractivity contribution in [1.82, 2.24) is 4.98 Å². The Labute approximate surface area is 124 Å². The molecule has 0 radical (unpaired) electrons. The van der Waals surface area contributed by atoms with Crippen molar-refractivity contribution < 1.29 is 4.79 Å². The molecule has 0 fully saturated rings. The summed E-state index contributed by atoms with van der Waals surface area (Å²) in [6, 6.07) is 2.05. The number of hydrogen-bond donors (Lipinski definition) is 0. The zero-order chi connectivity index (χ0) is 14.5. The van der Waals surface area contributed by atoms with Gasteiger partial charge in [-0.1, -0.05) is 0 Å². The second-order valence-electron chi connectivity index (χ2n) is 5.09. The Morgan fingerprint density at radius 2 is 2.05 bits per heavy atom. The predicted octanol–water partition coefficient (Wildman–Crippen LogP) is 3.99. The first kappa shape index (κ1) is 15.0. The molecule has 1 aliphatic heterocycles. The number of allylic oxidation sites excluding steroid dienone is 2. The van der Waals surface area contributed by atoms with Gasteiger partial charge in [0.2, 0.25) is 0 Å². The molecule has 20 heavy (non-hydrogen) atoms. The van der Waals surface area contributed by atoms with E-state index in [9.17, 15) is 4.79 Å². The number of pyridine rings is 1. The van der Waals surface area contributed by atoms with Gasteiger partial charge >= 0.3 is 0 Å². The van der Waals surface area contributed by atoms with Gasteiger partial charge in [-0.25, -0.2) is 0 Å². The Morgan fingerprint density at radius 3 is 2.80 bits per heavy atom. The molecule has 0 saturated heterocycles. The summed E-state index contributed by atoms with van der Waals surface area (Å²) in [7, 11) is 0. The van der Waals surface area contributed by atoms with Gasteiger partial charge in [-0.05, 0) is 50.8 Å². The van der Waals surface area contributed by atoms with E-state index < -0.39 is 0 Å². The maximum Gasteiger partial charge on any atom is 0.157 e. The van der Waals surface area contributed by atoms with E-state index in [0.717, 1.165) is 35.0 Å². The fourth-order valence-electron chi connectivity index (χ4n) is 2.21. The fraction of sp³-hybridized carbons (Fsp3) is 0.438. The number of carbonyl (C=O) groups is 1. The average Bonchev–Trinajstić information content (AvgIpc) is 2.35. The largest absolute Gasteiger partial charge is 0.295 e. The molecule has 0 saturated carbocycles. The molecule has 2 rings (SSSR count). The number of aliphatic imine (C=N–C) groups is 1. The SMILES string of the molecule is C/C1=C/C(=O)CCCC(SCc2c(C)ccnc2C)=N1. The molecule has 1 aliphatic rings. The minimum absolute atomic E-state index is 0.189. The summed E-state index contributed by atoms with van der Waals surface area (Å²) in [5, 5.41) is 1.12.